The number of methoxy groups -OCH3 is 1. The van der Waals surface area contributed by atoms with Crippen LogP contribution in [-0.2, 0) is 29.2 Å². The maximum absolute atomic E-state index is 10.6. The number of aromatic nitrogens is 3. The van der Waals surface area contributed by atoms with E-state index >= 15 is 0 Å². The van der Waals surface area contributed by atoms with E-state index in [4.69, 9.17) is 24.5 Å². The number of halogens is 6. The lowest BCUT2D eigenvalue weighted by atomic mass is 10.2. The van der Waals surface area contributed by atoms with Crippen LogP contribution in [0.2, 0.25) is 0 Å². The zero-order valence-corrected chi connectivity index (χ0v) is 19.7. The Balaban J connectivity index is 0.000000301. The Kier molecular flexibility index (Phi) is 10.2. The molecule has 0 atom stereocenters. The van der Waals surface area contributed by atoms with Crippen LogP contribution in [0.5, 0.6) is 5.75 Å². The van der Waals surface area contributed by atoms with Gasteiger partial charge in [-0.05, 0) is 29.8 Å². The summed E-state index contributed by atoms with van der Waals surface area (Å²) in [6.45, 7) is 3.79. The van der Waals surface area contributed by atoms with Crippen molar-refractivity contribution in [3.63, 3.8) is 0 Å². The van der Waals surface area contributed by atoms with Gasteiger partial charge in [0.2, 0.25) is 0 Å². The number of hydrogen-bond donors (Lipinski definition) is 2. The van der Waals surface area contributed by atoms with Crippen molar-refractivity contribution in [1.82, 2.24) is 19.4 Å². The third kappa shape index (κ3) is 9.06. The van der Waals surface area contributed by atoms with E-state index in [-0.39, 0.29) is 0 Å². The summed E-state index contributed by atoms with van der Waals surface area (Å²) in [5.74, 6) is -3.49. The number of benzene rings is 1. The van der Waals surface area contributed by atoms with Crippen LogP contribution in [0.25, 0.3) is 11.3 Å². The molecule has 4 rings (SSSR count). The molecule has 1 aliphatic rings. The smallest absolute Gasteiger partial charge is 0.490 e. The third-order valence-corrected chi connectivity index (χ3v) is 4.97. The van der Waals surface area contributed by atoms with Crippen molar-refractivity contribution in [2.45, 2.75) is 32.0 Å². The van der Waals surface area contributed by atoms with Crippen LogP contribution in [0.4, 0.5) is 26.3 Å². The Hall–Kier alpha value is -4.14. The molecule has 3 heterocycles. The van der Waals surface area contributed by atoms with Crippen LogP contribution in [0.15, 0.2) is 55.0 Å². The van der Waals surface area contributed by atoms with Crippen LogP contribution in [0.3, 0.4) is 0 Å². The van der Waals surface area contributed by atoms with Crippen LogP contribution >= 0.6 is 0 Å². The summed E-state index contributed by atoms with van der Waals surface area (Å²) in [7, 11) is 1.69. The minimum Gasteiger partial charge on any atom is -0.497 e. The van der Waals surface area contributed by atoms with E-state index in [1.807, 2.05) is 42.9 Å². The van der Waals surface area contributed by atoms with Gasteiger partial charge in [-0.2, -0.15) is 26.3 Å². The summed E-state index contributed by atoms with van der Waals surface area (Å²) >= 11 is 0. The first kappa shape index (κ1) is 30.1. The van der Waals surface area contributed by atoms with E-state index in [0.29, 0.717) is 0 Å². The molecule has 38 heavy (non-hydrogen) atoms. The van der Waals surface area contributed by atoms with Crippen molar-refractivity contribution < 1.29 is 50.9 Å². The van der Waals surface area contributed by atoms with Gasteiger partial charge in [-0.3, -0.25) is 9.88 Å². The number of rotatable bonds is 4. The van der Waals surface area contributed by atoms with Crippen molar-refractivity contribution in [2.24, 2.45) is 0 Å². The normalized spacial score (nSPS) is 13.2. The molecule has 3 aromatic rings. The molecule has 2 aromatic heterocycles. The molecule has 0 saturated heterocycles. The Morgan fingerprint density at radius 2 is 1.45 bits per heavy atom. The number of nitrogens with zero attached hydrogens (tertiary/aromatic N) is 4. The highest BCUT2D eigenvalue weighted by Gasteiger charge is 2.38. The van der Waals surface area contributed by atoms with Crippen LogP contribution in [0.1, 0.15) is 11.4 Å². The Morgan fingerprint density at radius 3 is 1.92 bits per heavy atom. The number of fused-ring (bicyclic) bond motifs is 1. The van der Waals surface area contributed by atoms with Crippen molar-refractivity contribution in [1.29, 1.82) is 0 Å². The summed E-state index contributed by atoms with van der Waals surface area (Å²) in [6, 6.07) is 12.4. The average Bonchev–Trinajstić information content (AvgIpc) is 3.28. The summed E-state index contributed by atoms with van der Waals surface area (Å²) in [5, 5.41) is 14.2. The fourth-order valence-electron chi connectivity index (χ4n) is 3.19. The van der Waals surface area contributed by atoms with Crippen LogP contribution in [-0.4, -0.2) is 67.6 Å². The number of carboxylic acids is 2. The van der Waals surface area contributed by atoms with Gasteiger partial charge in [0.05, 0.1) is 25.5 Å². The number of carbonyl (C=O) groups is 2. The molecule has 0 fully saturated rings. The van der Waals surface area contributed by atoms with Crippen molar-refractivity contribution in [3.8, 4) is 17.0 Å². The molecule has 0 spiro atoms. The van der Waals surface area contributed by atoms with Crippen LogP contribution < -0.4 is 4.74 Å². The van der Waals surface area contributed by atoms with Gasteiger partial charge in [0.15, 0.2) is 0 Å². The van der Waals surface area contributed by atoms with E-state index in [9.17, 15) is 26.3 Å². The van der Waals surface area contributed by atoms with Gasteiger partial charge in [-0.25, -0.2) is 14.6 Å². The van der Waals surface area contributed by atoms with Gasteiger partial charge >= 0.3 is 24.3 Å². The quantitative estimate of drug-likeness (QED) is 0.465. The second-order valence-corrected chi connectivity index (χ2v) is 7.61. The molecule has 1 aromatic carbocycles. The molecule has 2 N–H and O–H groups in total. The SMILES string of the molecule is COc1ccc(CN2CCn3c(-c4ccncc4)cnc3C2)cc1.O=C(O)C(F)(F)F.O=C(O)C(F)(F)F. The molecule has 0 saturated carbocycles. The van der Waals surface area contributed by atoms with E-state index in [1.54, 1.807) is 7.11 Å². The highest BCUT2D eigenvalue weighted by Crippen LogP contribution is 2.24. The number of imidazole rings is 1. The highest BCUT2D eigenvalue weighted by molar-refractivity contribution is 5.73. The molecule has 0 bridgehead atoms. The van der Waals surface area contributed by atoms with E-state index in [2.05, 4.69) is 31.6 Å². The summed E-state index contributed by atoms with van der Waals surface area (Å²) in [6.07, 6.45) is -4.54. The predicted molar refractivity (Wildman–Crippen MR) is 120 cm³/mol. The van der Waals surface area contributed by atoms with Crippen molar-refractivity contribution in [3.05, 3.63) is 66.4 Å². The van der Waals surface area contributed by atoms with E-state index < -0.39 is 24.3 Å². The minimum atomic E-state index is -5.08. The summed E-state index contributed by atoms with van der Waals surface area (Å²) < 4.78 is 71.0. The van der Waals surface area contributed by atoms with Gasteiger partial charge < -0.3 is 19.5 Å². The Bertz CT molecular complexity index is 1170. The summed E-state index contributed by atoms with van der Waals surface area (Å²) in [4.78, 5) is 28.9. The average molecular weight is 548 g/mol. The van der Waals surface area contributed by atoms with Crippen molar-refractivity contribution >= 4 is 11.9 Å². The zero-order chi connectivity index (χ0) is 28.5. The minimum absolute atomic E-state index is 0.872. The monoisotopic (exact) mass is 548 g/mol. The second kappa shape index (κ2) is 12.9. The largest absolute Gasteiger partial charge is 0.497 e. The Morgan fingerprint density at radius 1 is 0.921 bits per heavy atom. The number of hydrogen-bond acceptors (Lipinski definition) is 6. The molecule has 9 nitrogen and oxygen atoms in total. The first-order valence-corrected chi connectivity index (χ1v) is 10.6. The molecule has 1 aliphatic heterocycles. The standard InChI is InChI=1S/C19H20N4O.2C2HF3O2/c1-24-17-4-2-15(3-5-17)13-22-10-11-23-18(12-21-19(23)14-22)16-6-8-20-9-7-16;2*3-2(4,5)1(6)7/h2-9,12H,10-11,13-14H2,1H3;2*(H,6,7). The number of alkyl halides is 6. The van der Waals surface area contributed by atoms with Gasteiger partial charge in [-0.1, -0.05) is 12.1 Å². The molecular formula is C23H22F6N4O5. The molecule has 15 heteroatoms. The number of carboxylic acid groups (broad SMARTS) is 2. The molecular weight excluding hydrogens is 526 g/mol. The predicted octanol–water partition coefficient (Wildman–Crippen LogP) is 4.24. The van der Waals surface area contributed by atoms with Crippen LogP contribution in [0, 0.1) is 0 Å². The fourth-order valence-corrected chi connectivity index (χ4v) is 3.19. The van der Waals surface area contributed by atoms with Gasteiger partial charge in [0.25, 0.3) is 0 Å². The number of aliphatic carboxylic acids is 2. The molecule has 0 radical (unpaired) electrons. The first-order valence-electron chi connectivity index (χ1n) is 10.6. The first-order chi connectivity index (χ1) is 17.7. The van der Waals surface area contributed by atoms with Gasteiger partial charge in [-0.15, -0.1) is 0 Å². The summed E-state index contributed by atoms with van der Waals surface area (Å²) in [5.41, 5.74) is 3.65. The van der Waals surface area contributed by atoms with Gasteiger partial charge in [0, 0.05) is 37.6 Å². The number of ether oxygens (including phenoxy) is 1. The molecule has 0 aliphatic carbocycles. The van der Waals surface area contributed by atoms with Crippen molar-refractivity contribution in [2.75, 3.05) is 13.7 Å². The van der Waals surface area contributed by atoms with Gasteiger partial charge in [0.1, 0.15) is 11.6 Å². The molecule has 0 amide bonds. The maximum Gasteiger partial charge on any atom is 0.490 e. The lowest BCUT2D eigenvalue weighted by molar-refractivity contribution is -0.193. The topological polar surface area (TPSA) is 118 Å². The van der Waals surface area contributed by atoms with E-state index in [1.165, 1.54) is 16.8 Å². The highest BCUT2D eigenvalue weighted by atomic mass is 19.4. The zero-order valence-electron chi connectivity index (χ0n) is 19.7. The third-order valence-electron chi connectivity index (χ3n) is 4.97. The lowest BCUT2D eigenvalue weighted by Gasteiger charge is -2.28. The Labute approximate surface area is 211 Å². The van der Waals surface area contributed by atoms with E-state index in [0.717, 1.165) is 37.8 Å². The lowest BCUT2D eigenvalue weighted by Crippen LogP contribution is -2.33. The fraction of sp³-hybridized carbons (Fsp3) is 0.304. The molecule has 206 valence electrons. The second-order valence-electron chi connectivity index (χ2n) is 7.61. The molecule has 0 unspecified atom stereocenters. The number of pyridine rings is 1. The maximum atomic E-state index is 10.6.